The van der Waals surface area contributed by atoms with Gasteiger partial charge in [0.2, 0.25) is 6.41 Å². The number of aromatic nitrogens is 2. The summed E-state index contributed by atoms with van der Waals surface area (Å²) in [5.74, 6) is -0.894. The standard InChI is InChI=1S/C18H17N3O.C13H16F2N2O3.C8H18N2/c1-13-17(15-10-8-14(12-22)9-11-15)20-21(18(13)19-2)16-6-4-3-5-7-16;1-19-5-4-17-7-12(16-8-18)13(20-17)9-2-3-10(14)11(15)6-9;1-3-10-6-4-8(9-2)5-7-10/h3-12,19H,1-2H3;2-3,6,8,12-13H,4-5,7H2,1H3,(H,16,18);8-9H,3-7H2,1-2H3/t;12-,13+;/m.1./s1. The Morgan fingerprint density at radius 3 is 2.27 bits per heavy atom. The lowest BCUT2D eigenvalue weighted by Crippen LogP contribution is -2.40. The first kappa shape index (κ1) is 40.2. The number of nitrogens with zero attached hydrogens (tertiary/aromatic N) is 4. The van der Waals surface area contributed by atoms with Crippen molar-refractivity contribution in [1.82, 2.24) is 30.4 Å². The van der Waals surface area contributed by atoms with E-state index in [2.05, 4.69) is 34.8 Å². The molecule has 1 aromatic heterocycles. The smallest absolute Gasteiger partial charge is 0.207 e. The highest BCUT2D eigenvalue weighted by Crippen LogP contribution is 2.31. The fourth-order valence-corrected chi connectivity index (χ4v) is 6.22. The van der Waals surface area contributed by atoms with Crippen molar-refractivity contribution < 1.29 is 27.9 Å². The fraction of sp³-hybridized carbons (Fsp3) is 0.410. The molecule has 2 aliphatic heterocycles. The molecule has 3 heterocycles. The number of hydroxylamine groups is 2. The van der Waals surface area contributed by atoms with E-state index in [0.29, 0.717) is 37.2 Å². The van der Waals surface area contributed by atoms with Crippen LogP contribution in [0.1, 0.15) is 47.4 Å². The van der Waals surface area contributed by atoms with Crippen molar-refractivity contribution in [2.75, 3.05) is 65.9 Å². The number of carbonyl (C=O) groups excluding carboxylic acids is 2. The van der Waals surface area contributed by atoms with Crippen LogP contribution in [0.2, 0.25) is 0 Å². The molecule has 0 saturated carbocycles. The zero-order chi connectivity index (χ0) is 37.5. The molecule has 0 unspecified atom stereocenters. The molecule has 4 aromatic rings. The molecule has 3 N–H and O–H groups in total. The highest BCUT2D eigenvalue weighted by molar-refractivity contribution is 5.77. The van der Waals surface area contributed by atoms with Crippen LogP contribution in [0.25, 0.3) is 16.9 Å². The van der Waals surface area contributed by atoms with Crippen LogP contribution in [-0.4, -0.2) is 105 Å². The zero-order valence-corrected chi connectivity index (χ0v) is 30.6. The molecule has 52 heavy (non-hydrogen) atoms. The molecule has 0 aliphatic carbocycles. The molecule has 11 nitrogen and oxygen atoms in total. The van der Waals surface area contributed by atoms with E-state index >= 15 is 0 Å². The molecule has 2 atom stereocenters. The van der Waals surface area contributed by atoms with E-state index in [4.69, 9.17) is 14.7 Å². The van der Waals surface area contributed by atoms with Crippen LogP contribution < -0.4 is 16.0 Å². The van der Waals surface area contributed by atoms with Crippen LogP contribution in [-0.2, 0) is 14.4 Å². The molecule has 2 fully saturated rings. The van der Waals surface area contributed by atoms with E-state index in [9.17, 15) is 18.4 Å². The number of carbonyl (C=O) groups is 2. The number of nitrogens with one attached hydrogen (secondary N) is 3. The van der Waals surface area contributed by atoms with Gasteiger partial charge in [0.25, 0.3) is 0 Å². The Labute approximate surface area is 305 Å². The number of ether oxygens (including phenoxy) is 1. The van der Waals surface area contributed by atoms with Crippen molar-refractivity contribution in [1.29, 1.82) is 0 Å². The molecular formula is C39H51F2N7O4. The summed E-state index contributed by atoms with van der Waals surface area (Å²) in [6.45, 7) is 9.50. The monoisotopic (exact) mass is 719 g/mol. The first-order chi connectivity index (χ1) is 25.3. The molecule has 3 aromatic carbocycles. The lowest BCUT2D eigenvalue weighted by molar-refractivity contribution is -0.154. The second-order valence-corrected chi connectivity index (χ2v) is 12.5. The number of benzene rings is 3. The number of hydrogen-bond acceptors (Lipinski definition) is 9. The van der Waals surface area contributed by atoms with Gasteiger partial charge >= 0.3 is 0 Å². The average Bonchev–Trinajstić information content (AvgIpc) is 3.75. The SMILES string of the molecule is CCN1CCC(NC)CC1.CNc1c(C)c(-c2ccc(C=O)cc2)nn1-c1ccccc1.COCCN1C[C@@H](NC=O)[C@H](c2ccc(F)c(F)c2)O1. The van der Waals surface area contributed by atoms with Crippen molar-refractivity contribution in [2.24, 2.45) is 0 Å². The van der Waals surface area contributed by atoms with Gasteiger partial charge in [-0.05, 0) is 76.3 Å². The van der Waals surface area contributed by atoms with Gasteiger partial charge in [0, 0.05) is 50.0 Å². The molecule has 0 radical (unpaired) electrons. The van der Waals surface area contributed by atoms with Gasteiger partial charge in [-0.25, -0.2) is 13.5 Å². The molecule has 1 amide bonds. The third kappa shape index (κ3) is 10.7. The fourth-order valence-electron chi connectivity index (χ4n) is 6.22. The van der Waals surface area contributed by atoms with Crippen molar-refractivity contribution in [3.8, 4) is 16.9 Å². The quantitative estimate of drug-likeness (QED) is 0.166. The van der Waals surface area contributed by atoms with Gasteiger partial charge in [0.15, 0.2) is 11.6 Å². The molecule has 2 aliphatic rings. The number of halogens is 2. The molecule has 2 saturated heterocycles. The van der Waals surface area contributed by atoms with E-state index in [1.807, 2.05) is 73.3 Å². The van der Waals surface area contributed by atoms with E-state index < -0.39 is 17.7 Å². The Morgan fingerprint density at radius 2 is 1.69 bits per heavy atom. The minimum atomic E-state index is -0.939. The summed E-state index contributed by atoms with van der Waals surface area (Å²) in [6.07, 6.45) is 3.51. The van der Waals surface area contributed by atoms with Crippen molar-refractivity contribution in [2.45, 2.75) is 44.9 Å². The van der Waals surface area contributed by atoms with Crippen molar-refractivity contribution in [3.05, 3.63) is 101 Å². The Balaban J connectivity index is 0.000000186. The highest BCUT2D eigenvalue weighted by Gasteiger charge is 2.35. The maximum Gasteiger partial charge on any atom is 0.207 e. The van der Waals surface area contributed by atoms with Crippen molar-refractivity contribution in [3.63, 3.8) is 0 Å². The normalized spacial score (nSPS) is 17.8. The number of amides is 1. The van der Waals surface area contributed by atoms with Crippen LogP contribution in [0.4, 0.5) is 14.6 Å². The molecule has 0 bridgehead atoms. The Kier molecular flexibility index (Phi) is 15.9. The largest absolute Gasteiger partial charge is 0.383 e. The summed E-state index contributed by atoms with van der Waals surface area (Å²) in [7, 11) is 5.53. The Hall–Kier alpha value is -4.53. The minimum Gasteiger partial charge on any atom is -0.383 e. The summed E-state index contributed by atoms with van der Waals surface area (Å²) in [6, 6.07) is 21.5. The van der Waals surface area contributed by atoms with Crippen LogP contribution in [0.15, 0.2) is 72.8 Å². The second kappa shape index (κ2) is 20.5. The van der Waals surface area contributed by atoms with Gasteiger partial charge in [0.05, 0.1) is 24.0 Å². The molecule has 0 spiro atoms. The van der Waals surface area contributed by atoms with E-state index in [0.717, 1.165) is 52.8 Å². The third-order valence-electron chi connectivity index (χ3n) is 9.25. The average molecular weight is 720 g/mol. The maximum atomic E-state index is 13.3. The summed E-state index contributed by atoms with van der Waals surface area (Å²) < 4.78 is 33.1. The second-order valence-electron chi connectivity index (χ2n) is 12.5. The van der Waals surface area contributed by atoms with Crippen molar-refractivity contribution >= 4 is 18.5 Å². The Bertz CT molecular complexity index is 1670. The van der Waals surface area contributed by atoms with E-state index in [-0.39, 0.29) is 6.04 Å². The van der Waals surface area contributed by atoms with Gasteiger partial charge in [-0.2, -0.15) is 10.2 Å². The number of aldehydes is 1. The molecule has 13 heteroatoms. The Morgan fingerprint density at radius 1 is 0.981 bits per heavy atom. The van der Waals surface area contributed by atoms with Crippen LogP contribution in [0.5, 0.6) is 0 Å². The maximum absolute atomic E-state index is 13.3. The third-order valence-corrected chi connectivity index (χ3v) is 9.25. The zero-order valence-electron chi connectivity index (χ0n) is 30.6. The summed E-state index contributed by atoms with van der Waals surface area (Å²) in [5, 5.41) is 15.5. The van der Waals surface area contributed by atoms with Gasteiger partial charge < -0.3 is 25.6 Å². The minimum absolute atomic E-state index is 0.325. The summed E-state index contributed by atoms with van der Waals surface area (Å²) in [4.78, 5) is 29.6. The molecule has 280 valence electrons. The number of likely N-dealkylation sites (tertiary alicyclic amines) is 1. The molecule has 6 rings (SSSR count). The van der Waals surface area contributed by atoms with Gasteiger partial charge in [-0.3, -0.25) is 14.4 Å². The number of piperidine rings is 1. The van der Waals surface area contributed by atoms with Crippen LogP contribution >= 0.6 is 0 Å². The summed E-state index contributed by atoms with van der Waals surface area (Å²) >= 11 is 0. The van der Waals surface area contributed by atoms with Crippen LogP contribution in [0.3, 0.4) is 0 Å². The highest BCUT2D eigenvalue weighted by atomic mass is 19.2. The first-order valence-corrected chi connectivity index (χ1v) is 17.6. The van der Waals surface area contributed by atoms with Gasteiger partial charge in [0.1, 0.15) is 18.2 Å². The predicted molar refractivity (Wildman–Crippen MR) is 199 cm³/mol. The number of hydrogen-bond donors (Lipinski definition) is 3. The van der Waals surface area contributed by atoms with Crippen LogP contribution in [0, 0.1) is 18.6 Å². The first-order valence-electron chi connectivity index (χ1n) is 17.6. The number of rotatable bonds is 12. The molecular weight excluding hydrogens is 668 g/mol. The number of methoxy groups -OCH3 is 1. The van der Waals surface area contributed by atoms with E-state index in [1.165, 1.54) is 38.5 Å². The number of para-hydroxylation sites is 1. The van der Waals surface area contributed by atoms with Gasteiger partial charge in [-0.15, -0.1) is 0 Å². The van der Waals surface area contributed by atoms with Gasteiger partial charge in [-0.1, -0.05) is 55.5 Å². The topological polar surface area (TPSA) is 113 Å². The lowest BCUT2D eigenvalue weighted by atomic mass is 10.0. The number of anilines is 1. The van der Waals surface area contributed by atoms with E-state index in [1.54, 1.807) is 12.2 Å². The predicted octanol–water partition coefficient (Wildman–Crippen LogP) is 5.41. The lowest BCUT2D eigenvalue weighted by Gasteiger charge is -2.30. The summed E-state index contributed by atoms with van der Waals surface area (Å²) in [5.41, 5.74) is 5.12.